The first-order valence-corrected chi connectivity index (χ1v) is 5.95. The molecule has 7 heteroatoms. The number of carbonyl (C=O) groups is 1. The van der Waals surface area contributed by atoms with Gasteiger partial charge in [-0.1, -0.05) is 0 Å². The van der Waals surface area contributed by atoms with E-state index < -0.39 is 0 Å². The summed E-state index contributed by atoms with van der Waals surface area (Å²) >= 11 is 0. The average Bonchev–Trinajstić information content (AvgIpc) is 2.98. The zero-order chi connectivity index (χ0) is 12.8. The van der Waals surface area contributed by atoms with Crippen molar-refractivity contribution in [2.75, 3.05) is 38.8 Å². The number of anilines is 1. The normalized spacial score (nSPS) is 18.8. The fraction of sp³-hybridized carbons (Fsp3) is 0.636. The largest absolute Gasteiger partial charge is 0.383 e. The fourth-order valence-corrected chi connectivity index (χ4v) is 1.77. The first kappa shape index (κ1) is 12.8. The van der Waals surface area contributed by atoms with E-state index in [4.69, 9.17) is 9.47 Å². The van der Waals surface area contributed by atoms with Gasteiger partial charge >= 0.3 is 6.03 Å². The lowest BCUT2D eigenvalue weighted by Gasteiger charge is -2.07. The summed E-state index contributed by atoms with van der Waals surface area (Å²) in [5.41, 5.74) is 0.678. The highest BCUT2D eigenvalue weighted by Crippen LogP contribution is 2.19. The Kier molecular flexibility index (Phi) is 4.54. The Morgan fingerprint density at radius 3 is 3.33 bits per heavy atom. The molecule has 7 nitrogen and oxygen atoms in total. The summed E-state index contributed by atoms with van der Waals surface area (Å²) in [6, 6.07) is 0.0198. The number of nitrogens with one attached hydrogen (secondary N) is 2. The molecule has 0 aromatic carbocycles. The van der Waals surface area contributed by atoms with Gasteiger partial charge in [0.05, 0.1) is 31.1 Å². The molecule has 0 bridgehead atoms. The van der Waals surface area contributed by atoms with Crippen molar-refractivity contribution in [2.45, 2.75) is 12.5 Å². The zero-order valence-corrected chi connectivity index (χ0v) is 10.4. The van der Waals surface area contributed by atoms with E-state index in [9.17, 15) is 4.79 Å². The molecule has 0 aliphatic carbocycles. The van der Waals surface area contributed by atoms with Crippen LogP contribution in [0.15, 0.2) is 12.4 Å². The van der Waals surface area contributed by atoms with E-state index in [1.807, 2.05) is 10.9 Å². The van der Waals surface area contributed by atoms with E-state index in [1.54, 1.807) is 13.3 Å². The Morgan fingerprint density at radius 1 is 1.72 bits per heavy atom. The summed E-state index contributed by atoms with van der Waals surface area (Å²) < 4.78 is 12.0. The molecule has 2 N–H and O–H groups in total. The third kappa shape index (κ3) is 3.44. The summed E-state index contributed by atoms with van der Waals surface area (Å²) in [6.07, 6.45) is 4.41. The maximum atomic E-state index is 11.5. The highest BCUT2D eigenvalue weighted by atomic mass is 16.5. The first-order valence-electron chi connectivity index (χ1n) is 5.95. The Bertz CT molecular complexity index is 387. The molecule has 18 heavy (non-hydrogen) atoms. The van der Waals surface area contributed by atoms with Crippen LogP contribution in [0.5, 0.6) is 0 Å². The number of aromatic nitrogens is 2. The quantitative estimate of drug-likeness (QED) is 0.755. The monoisotopic (exact) mass is 254 g/mol. The number of urea groups is 1. The Hall–Kier alpha value is -1.60. The zero-order valence-electron chi connectivity index (χ0n) is 10.4. The molecule has 2 heterocycles. The second-order valence-corrected chi connectivity index (χ2v) is 4.10. The molecule has 0 radical (unpaired) electrons. The van der Waals surface area contributed by atoms with Crippen LogP contribution in [0.25, 0.3) is 0 Å². The number of hydrogen-bond acceptors (Lipinski definition) is 4. The number of hydrogen-bond donors (Lipinski definition) is 2. The highest BCUT2D eigenvalue weighted by molar-refractivity contribution is 5.88. The summed E-state index contributed by atoms with van der Waals surface area (Å²) in [5, 5.41) is 9.61. The van der Waals surface area contributed by atoms with Crippen LogP contribution in [-0.2, 0) is 9.47 Å². The van der Waals surface area contributed by atoms with Crippen molar-refractivity contribution in [3.63, 3.8) is 0 Å². The van der Waals surface area contributed by atoms with Crippen molar-refractivity contribution in [3.8, 4) is 0 Å². The van der Waals surface area contributed by atoms with Crippen LogP contribution in [0.1, 0.15) is 12.5 Å². The summed E-state index contributed by atoms with van der Waals surface area (Å²) in [4.78, 5) is 11.5. The minimum absolute atomic E-state index is 0.255. The van der Waals surface area contributed by atoms with Gasteiger partial charge < -0.3 is 20.1 Å². The van der Waals surface area contributed by atoms with E-state index in [-0.39, 0.29) is 12.1 Å². The molecule has 1 aliphatic rings. The molecule has 0 unspecified atom stereocenters. The van der Waals surface area contributed by atoms with Gasteiger partial charge in [0.25, 0.3) is 0 Å². The number of nitrogens with zero attached hydrogens (tertiary/aromatic N) is 2. The molecule has 1 fully saturated rings. The van der Waals surface area contributed by atoms with E-state index in [1.165, 1.54) is 0 Å². The van der Waals surface area contributed by atoms with Crippen molar-refractivity contribution in [3.05, 3.63) is 12.4 Å². The lowest BCUT2D eigenvalue weighted by Crippen LogP contribution is -2.31. The van der Waals surface area contributed by atoms with Crippen LogP contribution in [0, 0.1) is 0 Å². The SMILES string of the molecule is COCCNC(=O)Nc1cnn([C@@H]2CCOC2)c1. The average molecular weight is 254 g/mol. The van der Waals surface area contributed by atoms with Gasteiger partial charge in [-0.05, 0) is 6.42 Å². The van der Waals surface area contributed by atoms with Crippen LogP contribution < -0.4 is 10.6 Å². The molecular formula is C11H18N4O3. The van der Waals surface area contributed by atoms with E-state index in [2.05, 4.69) is 15.7 Å². The van der Waals surface area contributed by atoms with Gasteiger partial charge in [-0.25, -0.2) is 4.79 Å². The van der Waals surface area contributed by atoms with Crippen molar-refractivity contribution in [1.29, 1.82) is 0 Å². The number of carbonyl (C=O) groups excluding carboxylic acids is 1. The second kappa shape index (κ2) is 6.36. The van der Waals surface area contributed by atoms with Crippen LogP contribution in [0.2, 0.25) is 0 Å². The van der Waals surface area contributed by atoms with Crippen LogP contribution in [-0.4, -0.2) is 49.3 Å². The van der Waals surface area contributed by atoms with Crippen LogP contribution >= 0.6 is 0 Å². The van der Waals surface area contributed by atoms with Gasteiger partial charge in [0.2, 0.25) is 0 Å². The molecule has 2 rings (SSSR count). The number of amides is 2. The number of methoxy groups -OCH3 is 1. The fourth-order valence-electron chi connectivity index (χ4n) is 1.77. The van der Waals surface area contributed by atoms with Gasteiger partial charge in [0.1, 0.15) is 0 Å². The third-order valence-corrected chi connectivity index (χ3v) is 2.73. The van der Waals surface area contributed by atoms with Crippen LogP contribution in [0.3, 0.4) is 0 Å². The Balaban J connectivity index is 1.80. The molecule has 1 atom stereocenters. The summed E-state index contributed by atoms with van der Waals surface area (Å²) in [7, 11) is 1.59. The maximum absolute atomic E-state index is 11.5. The predicted octanol–water partition coefficient (Wildman–Crippen LogP) is 0.612. The minimum Gasteiger partial charge on any atom is -0.383 e. The topological polar surface area (TPSA) is 77.4 Å². The van der Waals surface area contributed by atoms with E-state index >= 15 is 0 Å². The predicted molar refractivity (Wildman–Crippen MR) is 65.6 cm³/mol. The van der Waals surface area contributed by atoms with Gasteiger partial charge in [-0.15, -0.1) is 0 Å². The summed E-state index contributed by atoms with van der Waals surface area (Å²) in [5.74, 6) is 0. The van der Waals surface area contributed by atoms with E-state index in [0.29, 0.717) is 25.4 Å². The maximum Gasteiger partial charge on any atom is 0.319 e. The highest BCUT2D eigenvalue weighted by Gasteiger charge is 2.18. The van der Waals surface area contributed by atoms with Gasteiger partial charge in [0.15, 0.2) is 0 Å². The van der Waals surface area contributed by atoms with E-state index in [0.717, 1.165) is 13.0 Å². The van der Waals surface area contributed by atoms with Crippen LogP contribution in [0.4, 0.5) is 10.5 Å². The van der Waals surface area contributed by atoms with Crippen molar-refractivity contribution in [2.24, 2.45) is 0 Å². The standard InChI is InChI=1S/C11H18N4O3/c1-17-5-3-12-11(16)14-9-6-13-15(7-9)10-2-4-18-8-10/h6-7,10H,2-5,8H2,1H3,(H2,12,14,16)/t10-/m1/s1. The van der Waals surface area contributed by atoms with Gasteiger partial charge in [-0.3, -0.25) is 4.68 Å². The first-order chi connectivity index (χ1) is 8.79. The lowest BCUT2D eigenvalue weighted by atomic mass is 10.3. The Morgan fingerprint density at radius 2 is 2.61 bits per heavy atom. The molecule has 2 amide bonds. The number of ether oxygens (including phenoxy) is 2. The van der Waals surface area contributed by atoms with Gasteiger partial charge in [0, 0.05) is 26.5 Å². The molecule has 0 spiro atoms. The van der Waals surface area contributed by atoms with Crippen molar-refractivity contribution < 1.29 is 14.3 Å². The molecule has 0 saturated carbocycles. The third-order valence-electron chi connectivity index (χ3n) is 2.73. The number of rotatable bonds is 5. The lowest BCUT2D eigenvalue weighted by molar-refractivity contribution is 0.184. The molecule has 1 saturated heterocycles. The molecular weight excluding hydrogens is 236 g/mol. The second-order valence-electron chi connectivity index (χ2n) is 4.10. The van der Waals surface area contributed by atoms with Crippen molar-refractivity contribution in [1.82, 2.24) is 15.1 Å². The smallest absolute Gasteiger partial charge is 0.319 e. The molecule has 1 aliphatic heterocycles. The molecule has 1 aromatic heterocycles. The van der Waals surface area contributed by atoms with Gasteiger partial charge in [-0.2, -0.15) is 5.10 Å². The Labute approximate surface area is 105 Å². The molecule has 1 aromatic rings. The summed E-state index contributed by atoms with van der Waals surface area (Å²) in [6.45, 7) is 2.42. The molecule has 100 valence electrons. The van der Waals surface area contributed by atoms with Crippen molar-refractivity contribution >= 4 is 11.7 Å². The minimum atomic E-state index is -0.255.